The maximum atomic E-state index is 11.8. The lowest BCUT2D eigenvalue weighted by Crippen LogP contribution is -2.24. The highest BCUT2D eigenvalue weighted by Crippen LogP contribution is 2.17. The van der Waals surface area contributed by atoms with Gasteiger partial charge in [0.1, 0.15) is 5.15 Å². The van der Waals surface area contributed by atoms with E-state index < -0.39 is 0 Å². The number of hydrogen-bond donors (Lipinski definition) is 2. The molecule has 4 nitrogen and oxygen atoms in total. The molecule has 0 bridgehead atoms. The zero-order chi connectivity index (χ0) is 13.4. The summed E-state index contributed by atoms with van der Waals surface area (Å²) < 4.78 is 0. The van der Waals surface area contributed by atoms with Crippen LogP contribution < -0.4 is 5.32 Å². The molecule has 0 fully saturated rings. The van der Waals surface area contributed by atoms with Gasteiger partial charge < -0.3 is 10.4 Å². The number of halogens is 2. The molecule has 0 spiro atoms. The van der Waals surface area contributed by atoms with E-state index in [1.54, 1.807) is 0 Å². The molecule has 18 heavy (non-hydrogen) atoms. The molecule has 1 amide bonds. The summed E-state index contributed by atoms with van der Waals surface area (Å²) in [5.41, 5.74) is 0.340. The summed E-state index contributed by atoms with van der Waals surface area (Å²) in [5.74, 6) is -0.244. The molecule has 1 aromatic heterocycles. The van der Waals surface area contributed by atoms with Crippen molar-refractivity contribution in [3.63, 3.8) is 0 Å². The first-order chi connectivity index (χ1) is 8.65. The van der Waals surface area contributed by atoms with Crippen LogP contribution in [0.25, 0.3) is 0 Å². The molecule has 100 valence electrons. The Bertz CT molecular complexity index is 400. The number of hydrogen-bond acceptors (Lipinski definition) is 3. The monoisotopic (exact) mass is 290 g/mol. The molecule has 0 saturated heterocycles. The molecule has 0 aliphatic rings. The molecule has 0 aliphatic heterocycles. The summed E-state index contributed by atoms with van der Waals surface area (Å²) in [4.78, 5) is 15.6. The van der Waals surface area contributed by atoms with Gasteiger partial charge in [0.25, 0.3) is 5.91 Å². The SMILES string of the molecule is O=C(NCCCCCCO)c1cc(Cl)ncc1Cl. The zero-order valence-electron chi connectivity index (χ0n) is 9.96. The van der Waals surface area contributed by atoms with Crippen LogP contribution in [0, 0.1) is 0 Å². The van der Waals surface area contributed by atoms with Crippen LogP contribution in [0.4, 0.5) is 0 Å². The van der Waals surface area contributed by atoms with Crippen LogP contribution in [0.1, 0.15) is 36.0 Å². The average molecular weight is 291 g/mol. The Labute approximate surface area is 116 Å². The third-order valence-electron chi connectivity index (χ3n) is 2.44. The average Bonchev–Trinajstić information content (AvgIpc) is 2.36. The zero-order valence-corrected chi connectivity index (χ0v) is 11.5. The second kappa shape index (κ2) is 8.29. The Hall–Kier alpha value is -0.840. The minimum absolute atomic E-state index is 0.220. The van der Waals surface area contributed by atoms with Crippen molar-refractivity contribution in [2.75, 3.05) is 13.2 Å². The number of nitrogens with zero attached hydrogens (tertiary/aromatic N) is 1. The Kier molecular flexibility index (Phi) is 7.01. The molecular weight excluding hydrogens is 275 g/mol. The molecule has 1 heterocycles. The highest BCUT2D eigenvalue weighted by atomic mass is 35.5. The highest BCUT2D eigenvalue weighted by molar-refractivity contribution is 6.35. The Morgan fingerprint density at radius 2 is 2.00 bits per heavy atom. The molecule has 0 radical (unpaired) electrons. The number of nitrogens with one attached hydrogen (secondary N) is 1. The lowest BCUT2D eigenvalue weighted by molar-refractivity contribution is 0.0953. The number of aromatic nitrogens is 1. The van der Waals surface area contributed by atoms with E-state index in [2.05, 4.69) is 10.3 Å². The number of aliphatic hydroxyl groups is 1. The molecule has 0 aliphatic carbocycles. The number of unbranched alkanes of at least 4 members (excludes halogenated alkanes) is 3. The summed E-state index contributed by atoms with van der Waals surface area (Å²) in [5, 5.41) is 11.9. The van der Waals surface area contributed by atoms with Gasteiger partial charge in [0, 0.05) is 19.3 Å². The first-order valence-electron chi connectivity index (χ1n) is 5.85. The lowest BCUT2D eigenvalue weighted by atomic mass is 10.2. The van der Waals surface area contributed by atoms with Crippen molar-refractivity contribution in [3.05, 3.63) is 28.0 Å². The Morgan fingerprint density at radius 3 is 2.72 bits per heavy atom. The van der Waals surface area contributed by atoms with Gasteiger partial charge in [-0.2, -0.15) is 0 Å². The fourth-order valence-corrected chi connectivity index (χ4v) is 1.82. The number of rotatable bonds is 7. The van der Waals surface area contributed by atoms with Crippen LogP contribution in [0.15, 0.2) is 12.3 Å². The van der Waals surface area contributed by atoms with Crippen LogP contribution in [-0.2, 0) is 0 Å². The van der Waals surface area contributed by atoms with Crippen molar-refractivity contribution in [1.29, 1.82) is 0 Å². The topological polar surface area (TPSA) is 62.2 Å². The fourth-order valence-electron chi connectivity index (χ4n) is 1.47. The largest absolute Gasteiger partial charge is 0.396 e. The summed E-state index contributed by atoms with van der Waals surface area (Å²) in [7, 11) is 0. The molecule has 1 aromatic rings. The van der Waals surface area contributed by atoms with Gasteiger partial charge >= 0.3 is 0 Å². The van der Waals surface area contributed by atoms with E-state index in [0.717, 1.165) is 25.7 Å². The van der Waals surface area contributed by atoms with E-state index in [1.807, 2.05) is 0 Å². The van der Waals surface area contributed by atoms with Crippen LogP contribution in [0.3, 0.4) is 0 Å². The van der Waals surface area contributed by atoms with Gasteiger partial charge in [-0.05, 0) is 18.9 Å². The van der Waals surface area contributed by atoms with Crippen molar-refractivity contribution in [2.45, 2.75) is 25.7 Å². The third-order valence-corrected chi connectivity index (χ3v) is 2.94. The Balaban J connectivity index is 2.34. The maximum Gasteiger partial charge on any atom is 0.252 e. The smallest absolute Gasteiger partial charge is 0.252 e. The van der Waals surface area contributed by atoms with Crippen LogP contribution in [0.5, 0.6) is 0 Å². The quantitative estimate of drug-likeness (QED) is 0.599. The van der Waals surface area contributed by atoms with Crippen molar-refractivity contribution >= 4 is 29.1 Å². The van der Waals surface area contributed by atoms with Gasteiger partial charge in [-0.25, -0.2) is 4.98 Å². The van der Waals surface area contributed by atoms with E-state index in [4.69, 9.17) is 28.3 Å². The second-order valence-electron chi connectivity index (χ2n) is 3.88. The van der Waals surface area contributed by atoms with Crippen LogP contribution >= 0.6 is 23.2 Å². The molecule has 0 aromatic carbocycles. The third kappa shape index (κ3) is 5.21. The molecule has 6 heteroatoms. The summed E-state index contributed by atoms with van der Waals surface area (Å²) >= 11 is 11.6. The predicted molar refractivity (Wildman–Crippen MR) is 72.1 cm³/mol. The Morgan fingerprint density at radius 1 is 1.28 bits per heavy atom. The van der Waals surface area contributed by atoms with Gasteiger partial charge in [0.15, 0.2) is 0 Å². The van der Waals surface area contributed by atoms with E-state index in [1.165, 1.54) is 12.3 Å². The standard InChI is InChI=1S/C12H16Cl2N2O2/c13-10-8-16-11(14)7-9(10)12(18)15-5-3-1-2-4-6-17/h7-8,17H,1-6H2,(H,15,18). The molecule has 0 saturated carbocycles. The van der Waals surface area contributed by atoms with Crippen molar-refractivity contribution in [3.8, 4) is 0 Å². The fraction of sp³-hybridized carbons (Fsp3) is 0.500. The van der Waals surface area contributed by atoms with E-state index in [0.29, 0.717) is 12.1 Å². The van der Waals surface area contributed by atoms with Crippen molar-refractivity contribution < 1.29 is 9.90 Å². The van der Waals surface area contributed by atoms with Gasteiger partial charge in [-0.1, -0.05) is 36.0 Å². The minimum atomic E-state index is -0.244. The highest BCUT2D eigenvalue weighted by Gasteiger charge is 2.10. The predicted octanol–water partition coefficient (Wildman–Crippen LogP) is 2.67. The number of aliphatic hydroxyl groups excluding tert-OH is 1. The van der Waals surface area contributed by atoms with Crippen LogP contribution in [-0.4, -0.2) is 29.1 Å². The van der Waals surface area contributed by atoms with Gasteiger partial charge in [-0.15, -0.1) is 0 Å². The molecule has 0 atom stereocenters. The summed E-state index contributed by atoms with van der Waals surface area (Å²) in [6.45, 7) is 0.804. The molecule has 1 rings (SSSR count). The molecule has 2 N–H and O–H groups in total. The van der Waals surface area contributed by atoms with Gasteiger partial charge in [-0.3, -0.25) is 4.79 Å². The van der Waals surface area contributed by atoms with Gasteiger partial charge in [0.05, 0.1) is 10.6 Å². The number of carbonyl (C=O) groups excluding carboxylic acids is 1. The number of pyridine rings is 1. The number of amides is 1. The van der Waals surface area contributed by atoms with Crippen molar-refractivity contribution in [2.24, 2.45) is 0 Å². The van der Waals surface area contributed by atoms with E-state index >= 15 is 0 Å². The second-order valence-corrected chi connectivity index (χ2v) is 4.68. The van der Waals surface area contributed by atoms with E-state index in [-0.39, 0.29) is 22.7 Å². The molecular formula is C12H16Cl2N2O2. The van der Waals surface area contributed by atoms with E-state index in [9.17, 15) is 4.79 Å². The summed E-state index contributed by atoms with van der Waals surface area (Å²) in [6, 6.07) is 1.45. The summed E-state index contributed by atoms with van der Waals surface area (Å²) in [6.07, 6.45) is 4.99. The minimum Gasteiger partial charge on any atom is -0.396 e. The lowest BCUT2D eigenvalue weighted by Gasteiger charge is -2.06. The van der Waals surface area contributed by atoms with Gasteiger partial charge in [0.2, 0.25) is 0 Å². The first kappa shape index (κ1) is 15.2. The maximum absolute atomic E-state index is 11.8. The molecule has 0 unspecified atom stereocenters. The van der Waals surface area contributed by atoms with Crippen molar-refractivity contribution in [1.82, 2.24) is 10.3 Å². The first-order valence-corrected chi connectivity index (χ1v) is 6.61. The normalized spacial score (nSPS) is 10.4. The van der Waals surface area contributed by atoms with Crippen LogP contribution in [0.2, 0.25) is 10.2 Å². The number of carbonyl (C=O) groups is 1.